The smallest absolute Gasteiger partial charge is 0.251 e. The van der Waals surface area contributed by atoms with Crippen LogP contribution in [0.25, 0.3) is 10.2 Å². The fourth-order valence-electron chi connectivity index (χ4n) is 3.64. The molecule has 1 amide bonds. The zero-order valence-electron chi connectivity index (χ0n) is 15.9. The first kappa shape index (κ1) is 18.0. The number of fused-ring (bicyclic) bond motifs is 1. The van der Waals surface area contributed by atoms with Gasteiger partial charge in [-0.1, -0.05) is 41.2 Å². The number of para-hydroxylation sites is 1. The maximum Gasteiger partial charge on any atom is 0.251 e. The summed E-state index contributed by atoms with van der Waals surface area (Å²) in [5, 5.41) is 4.26. The first-order valence-corrected chi connectivity index (χ1v) is 10.4. The third-order valence-corrected chi connectivity index (χ3v) is 6.45. The zero-order valence-corrected chi connectivity index (χ0v) is 16.7. The number of aryl methyl sites for hydroxylation is 2. The molecule has 0 saturated carbocycles. The SMILES string of the molecule is Cc1ccc(C)c(C(=O)NCC2CCN(c3nc4ccccc4s3)CC2)c1. The molecule has 2 aromatic carbocycles. The van der Waals surface area contributed by atoms with Gasteiger partial charge >= 0.3 is 0 Å². The standard InChI is InChI=1S/C22H25N3OS/c1-15-7-8-16(2)18(13-15)21(26)23-14-17-9-11-25(12-10-17)22-24-19-5-3-4-6-20(19)27-22/h3-8,13,17H,9-12,14H2,1-2H3,(H,23,26). The van der Waals surface area contributed by atoms with Crippen LogP contribution in [0.15, 0.2) is 42.5 Å². The van der Waals surface area contributed by atoms with Crippen molar-refractivity contribution >= 4 is 32.6 Å². The van der Waals surface area contributed by atoms with Crippen molar-refractivity contribution in [2.75, 3.05) is 24.5 Å². The summed E-state index contributed by atoms with van der Waals surface area (Å²) < 4.78 is 1.25. The summed E-state index contributed by atoms with van der Waals surface area (Å²) in [5.41, 5.74) is 4.03. The van der Waals surface area contributed by atoms with Crippen molar-refractivity contribution in [1.29, 1.82) is 0 Å². The molecule has 5 heteroatoms. The molecule has 4 rings (SSSR count). The predicted octanol–water partition coefficient (Wildman–Crippen LogP) is 4.56. The van der Waals surface area contributed by atoms with Crippen LogP contribution in [-0.4, -0.2) is 30.5 Å². The minimum atomic E-state index is 0.0461. The van der Waals surface area contributed by atoms with Crippen LogP contribution in [0.3, 0.4) is 0 Å². The lowest BCUT2D eigenvalue weighted by atomic mass is 9.96. The van der Waals surface area contributed by atoms with Crippen molar-refractivity contribution < 1.29 is 4.79 Å². The number of hydrogen-bond acceptors (Lipinski definition) is 4. The molecule has 0 bridgehead atoms. The van der Waals surface area contributed by atoms with E-state index in [1.165, 1.54) is 4.70 Å². The second-order valence-electron chi connectivity index (χ2n) is 7.42. The number of nitrogens with one attached hydrogen (secondary N) is 1. The molecule has 0 atom stereocenters. The molecule has 1 saturated heterocycles. The predicted molar refractivity (Wildman–Crippen MR) is 113 cm³/mol. The fraction of sp³-hybridized carbons (Fsp3) is 0.364. The van der Waals surface area contributed by atoms with Gasteiger partial charge in [0.25, 0.3) is 5.91 Å². The molecule has 0 unspecified atom stereocenters. The van der Waals surface area contributed by atoms with Crippen LogP contribution in [0.1, 0.15) is 34.3 Å². The average molecular weight is 380 g/mol. The van der Waals surface area contributed by atoms with Gasteiger partial charge in [0, 0.05) is 25.2 Å². The van der Waals surface area contributed by atoms with Crippen molar-refractivity contribution in [3.63, 3.8) is 0 Å². The van der Waals surface area contributed by atoms with E-state index in [-0.39, 0.29) is 5.91 Å². The Labute approximate surface area is 164 Å². The number of amides is 1. The van der Waals surface area contributed by atoms with Crippen LogP contribution in [0, 0.1) is 19.8 Å². The molecule has 27 heavy (non-hydrogen) atoms. The van der Waals surface area contributed by atoms with Gasteiger partial charge in [-0.3, -0.25) is 4.79 Å². The quantitative estimate of drug-likeness (QED) is 0.723. The Balaban J connectivity index is 1.31. The fourth-order valence-corrected chi connectivity index (χ4v) is 4.65. The van der Waals surface area contributed by atoms with E-state index in [4.69, 9.17) is 4.98 Å². The van der Waals surface area contributed by atoms with Crippen molar-refractivity contribution in [3.05, 3.63) is 59.2 Å². The topological polar surface area (TPSA) is 45.2 Å². The van der Waals surface area contributed by atoms with Gasteiger partial charge < -0.3 is 10.2 Å². The summed E-state index contributed by atoms with van der Waals surface area (Å²) in [6, 6.07) is 14.3. The number of rotatable bonds is 4. The molecule has 0 spiro atoms. The summed E-state index contributed by atoms with van der Waals surface area (Å²) in [5.74, 6) is 0.578. The van der Waals surface area contributed by atoms with Crippen LogP contribution in [0.2, 0.25) is 0 Å². The third kappa shape index (κ3) is 3.98. The van der Waals surface area contributed by atoms with E-state index in [1.54, 1.807) is 11.3 Å². The number of aromatic nitrogens is 1. The van der Waals surface area contributed by atoms with Crippen LogP contribution < -0.4 is 10.2 Å². The van der Waals surface area contributed by atoms with Gasteiger partial charge in [-0.15, -0.1) is 0 Å². The van der Waals surface area contributed by atoms with Crippen LogP contribution in [0.5, 0.6) is 0 Å². The molecule has 1 aliphatic rings. The van der Waals surface area contributed by atoms with Crippen molar-refractivity contribution in [2.45, 2.75) is 26.7 Å². The average Bonchev–Trinajstić information content (AvgIpc) is 3.12. The largest absolute Gasteiger partial charge is 0.352 e. The summed E-state index contributed by atoms with van der Waals surface area (Å²) in [6.45, 7) is 6.77. The molecule has 1 N–H and O–H groups in total. The molecule has 140 valence electrons. The second kappa shape index (κ2) is 7.69. The summed E-state index contributed by atoms with van der Waals surface area (Å²) in [6.07, 6.45) is 2.17. The van der Waals surface area contributed by atoms with Crippen LogP contribution >= 0.6 is 11.3 Å². The summed E-state index contributed by atoms with van der Waals surface area (Å²) in [4.78, 5) is 19.7. The zero-order chi connectivity index (χ0) is 18.8. The lowest BCUT2D eigenvalue weighted by Crippen LogP contribution is -2.38. The van der Waals surface area contributed by atoms with E-state index < -0.39 is 0 Å². The molecule has 0 aliphatic carbocycles. The molecule has 2 heterocycles. The lowest BCUT2D eigenvalue weighted by molar-refractivity contribution is 0.0944. The number of nitrogens with zero attached hydrogens (tertiary/aromatic N) is 2. The van der Waals surface area contributed by atoms with Gasteiger partial charge in [0.2, 0.25) is 0 Å². The molecule has 0 radical (unpaired) electrons. The highest BCUT2D eigenvalue weighted by molar-refractivity contribution is 7.22. The molecule has 4 nitrogen and oxygen atoms in total. The maximum absolute atomic E-state index is 12.5. The number of piperidine rings is 1. The first-order valence-electron chi connectivity index (χ1n) is 9.56. The van der Waals surface area contributed by atoms with Gasteiger partial charge in [0.1, 0.15) is 0 Å². The Morgan fingerprint density at radius 2 is 1.96 bits per heavy atom. The summed E-state index contributed by atoms with van der Waals surface area (Å²) >= 11 is 1.77. The number of hydrogen-bond donors (Lipinski definition) is 1. The minimum absolute atomic E-state index is 0.0461. The number of thiazole rings is 1. The highest BCUT2D eigenvalue weighted by atomic mass is 32.1. The monoisotopic (exact) mass is 379 g/mol. The number of benzene rings is 2. The first-order chi connectivity index (χ1) is 13.1. The van der Waals surface area contributed by atoms with Gasteiger partial charge in [0.05, 0.1) is 10.2 Å². The molecule has 1 fully saturated rings. The molecular weight excluding hydrogens is 354 g/mol. The molecule has 3 aromatic rings. The molecule has 1 aliphatic heterocycles. The highest BCUT2D eigenvalue weighted by Gasteiger charge is 2.22. The van der Waals surface area contributed by atoms with E-state index in [0.29, 0.717) is 5.92 Å². The maximum atomic E-state index is 12.5. The Morgan fingerprint density at radius 1 is 1.19 bits per heavy atom. The van der Waals surface area contributed by atoms with Crippen molar-refractivity contribution in [2.24, 2.45) is 5.92 Å². The molecule has 1 aromatic heterocycles. The van der Waals surface area contributed by atoms with E-state index in [2.05, 4.69) is 28.4 Å². The second-order valence-corrected chi connectivity index (χ2v) is 8.43. The van der Waals surface area contributed by atoms with Crippen LogP contribution in [-0.2, 0) is 0 Å². The van der Waals surface area contributed by atoms with Gasteiger partial charge in [0.15, 0.2) is 5.13 Å². The Kier molecular flexibility index (Phi) is 5.12. The van der Waals surface area contributed by atoms with Crippen molar-refractivity contribution in [1.82, 2.24) is 10.3 Å². The van der Waals surface area contributed by atoms with Gasteiger partial charge in [-0.25, -0.2) is 4.98 Å². The minimum Gasteiger partial charge on any atom is -0.352 e. The Morgan fingerprint density at radius 3 is 2.74 bits per heavy atom. The van der Waals surface area contributed by atoms with Gasteiger partial charge in [-0.05, 0) is 56.4 Å². The van der Waals surface area contributed by atoms with Crippen LogP contribution in [0.4, 0.5) is 5.13 Å². The number of carbonyl (C=O) groups is 1. The summed E-state index contributed by atoms with van der Waals surface area (Å²) in [7, 11) is 0. The lowest BCUT2D eigenvalue weighted by Gasteiger charge is -2.31. The van der Waals surface area contributed by atoms with E-state index in [0.717, 1.165) is 59.8 Å². The molecular formula is C22H25N3OS. The third-order valence-electron chi connectivity index (χ3n) is 5.36. The normalized spacial score (nSPS) is 15.3. The Bertz CT molecular complexity index is 924. The Hall–Kier alpha value is -2.40. The van der Waals surface area contributed by atoms with E-state index >= 15 is 0 Å². The van der Waals surface area contributed by atoms with E-state index in [1.807, 2.05) is 38.1 Å². The van der Waals surface area contributed by atoms with Crippen molar-refractivity contribution in [3.8, 4) is 0 Å². The van der Waals surface area contributed by atoms with Gasteiger partial charge in [-0.2, -0.15) is 0 Å². The number of carbonyl (C=O) groups excluding carboxylic acids is 1. The van der Waals surface area contributed by atoms with E-state index in [9.17, 15) is 4.79 Å². The number of anilines is 1. The highest BCUT2D eigenvalue weighted by Crippen LogP contribution is 2.31.